The fraction of sp³-hybridized carbons (Fsp3) is 0.333. The number of oxime groups is 1. The summed E-state index contributed by atoms with van der Waals surface area (Å²) >= 11 is 11.8. The van der Waals surface area contributed by atoms with E-state index in [1.807, 2.05) is 6.92 Å². The highest BCUT2D eigenvalue weighted by Crippen LogP contribution is 2.20. The third kappa shape index (κ3) is 4.29. The Kier molecular flexibility index (Phi) is 5.92. The minimum Gasteiger partial charge on any atom is -0.409 e. The Hall–Kier alpha value is -1.46. The van der Waals surface area contributed by atoms with Crippen LogP contribution in [0.4, 0.5) is 0 Å². The van der Waals surface area contributed by atoms with Gasteiger partial charge in [-0.25, -0.2) is 0 Å². The number of halogens is 2. The van der Waals surface area contributed by atoms with Crippen molar-refractivity contribution in [2.45, 2.75) is 25.8 Å². The quantitative estimate of drug-likeness (QED) is 0.338. The van der Waals surface area contributed by atoms with Crippen LogP contribution in [0.1, 0.15) is 30.1 Å². The molecule has 5 nitrogen and oxygen atoms in total. The molecule has 19 heavy (non-hydrogen) atoms. The molecular formula is C12H15Cl2N3O2. The van der Waals surface area contributed by atoms with Gasteiger partial charge in [-0.15, -0.1) is 0 Å². The number of hydrogen-bond acceptors (Lipinski definition) is 3. The fourth-order valence-corrected chi connectivity index (χ4v) is 1.94. The molecule has 104 valence electrons. The van der Waals surface area contributed by atoms with E-state index in [0.29, 0.717) is 11.4 Å². The van der Waals surface area contributed by atoms with Gasteiger partial charge in [0.05, 0.1) is 16.6 Å². The Balaban J connectivity index is 2.90. The number of rotatable bonds is 5. The molecule has 0 spiro atoms. The molecule has 1 atom stereocenters. The van der Waals surface area contributed by atoms with Gasteiger partial charge in [0.2, 0.25) is 0 Å². The number of amides is 1. The summed E-state index contributed by atoms with van der Waals surface area (Å²) in [5.74, 6) is -0.467. The highest BCUT2D eigenvalue weighted by atomic mass is 35.5. The SMILES string of the molecule is CCCC(NC(=O)c1cc(Cl)ccc1Cl)/C(N)=N/O. The normalized spacial score (nSPS) is 13.1. The van der Waals surface area contributed by atoms with Gasteiger partial charge in [-0.05, 0) is 24.6 Å². The summed E-state index contributed by atoms with van der Waals surface area (Å²) in [4.78, 5) is 12.1. The van der Waals surface area contributed by atoms with E-state index in [2.05, 4.69) is 10.5 Å². The van der Waals surface area contributed by atoms with Crippen molar-refractivity contribution in [2.75, 3.05) is 0 Å². The highest BCUT2D eigenvalue weighted by molar-refractivity contribution is 6.35. The van der Waals surface area contributed by atoms with E-state index >= 15 is 0 Å². The standard InChI is InChI=1S/C12H15Cl2N3O2/c1-2-3-10(11(15)17-19)16-12(18)8-6-7(13)4-5-9(8)14/h4-6,10,19H,2-3H2,1H3,(H2,15,17)(H,16,18). The first-order chi connectivity index (χ1) is 8.99. The molecule has 0 aliphatic carbocycles. The van der Waals surface area contributed by atoms with Gasteiger partial charge in [0.15, 0.2) is 5.84 Å². The molecule has 0 saturated carbocycles. The monoisotopic (exact) mass is 303 g/mol. The summed E-state index contributed by atoms with van der Waals surface area (Å²) in [6, 6.07) is 4.05. The second-order valence-corrected chi connectivity index (χ2v) is 4.81. The molecule has 0 radical (unpaired) electrons. The van der Waals surface area contributed by atoms with Crippen molar-refractivity contribution in [1.29, 1.82) is 0 Å². The zero-order valence-electron chi connectivity index (χ0n) is 10.4. The predicted molar refractivity (Wildman–Crippen MR) is 76.0 cm³/mol. The molecule has 0 heterocycles. The van der Waals surface area contributed by atoms with E-state index in [1.165, 1.54) is 12.1 Å². The molecule has 0 aliphatic rings. The van der Waals surface area contributed by atoms with Gasteiger partial charge in [-0.3, -0.25) is 4.79 Å². The molecule has 4 N–H and O–H groups in total. The Morgan fingerprint density at radius 1 is 1.53 bits per heavy atom. The van der Waals surface area contributed by atoms with Gasteiger partial charge in [0, 0.05) is 5.02 Å². The lowest BCUT2D eigenvalue weighted by Crippen LogP contribution is -2.44. The van der Waals surface area contributed by atoms with Gasteiger partial charge < -0.3 is 16.3 Å². The minimum absolute atomic E-state index is 0.0478. The van der Waals surface area contributed by atoms with Crippen LogP contribution in [0.25, 0.3) is 0 Å². The molecule has 7 heteroatoms. The topological polar surface area (TPSA) is 87.7 Å². The van der Waals surface area contributed by atoms with Crippen LogP contribution in [-0.4, -0.2) is 23.0 Å². The maximum absolute atomic E-state index is 12.1. The Morgan fingerprint density at radius 3 is 2.79 bits per heavy atom. The first-order valence-corrected chi connectivity index (χ1v) is 6.48. The van der Waals surface area contributed by atoms with Crippen molar-refractivity contribution >= 4 is 34.9 Å². The smallest absolute Gasteiger partial charge is 0.253 e. The minimum atomic E-state index is -0.544. The third-order valence-corrected chi connectivity index (χ3v) is 3.09. The lowest BCUT2D eigenvalue weighted by molar-refractivity contribution is 0.0945. The molecule has 0 saturated heterocycles. The molecule has 0 bridgehead atoms. The Morgan fingerprint density at radius 2 is 2.21 bits per heavy atom. The lowest BCUT2D eigenvalue weighted by atomic mass is 10.1. The average molecular weight is 304 g/mol. The molecule has 1 aromatic rings. The summed E-state index contributed by atoms with van der Waals surface area (Å²) < 4.78 is 0. The average Bonchev–Trinajstić information content (AvgIpc) is 2.40. The predicted octanol–water partition coefficient (Wildman–Crippen LogP) is 2.64. The molecule has 0 aliphatic heterocycles. The van der Waals surface area contributed by atoms with Crippen LogP contribution in [0.5, 0.6) is 0 Å². The van der Waals surface area contributed by atoms with Gasteiger partial charge in [-0.1, -0.05) is 41.7 Å². The van der Waals surface area contributed by atoms with Crippen molar-refractivity contribution in [3.05, 3.63) is 33.8 Å². The van der Waals surface area contributed by atoms with Gasteiger partial charge in [0.25, 0.3) is 5.91 Å². The number of benzene rings is 1. The number of hydrogen-bond donors (Lipinski definition) is 3. The van der Waals surface area contributed by atoms with Crippen LogP contribution < -0.4 is 11.1 Å². The number of nitrogens with zero attached hydrogens (tertiary/aromatic N) is 1. The summed E-state index contributed by atoms with van der Waals surface area (Å²) in [5, 5.41) is 14.9. The van der Waals surface area contributed by atoms with Gasteiger partial charge >= 0.3 is 0 Å². The summed E-state index contributed by atoms with van der Waals surface area (Å²) in [7, 11) is 0. The summed E-state index contributed by atoms with van der Waals surface area (Å²) in [6.07, 6.45) is 1.32. The fourth-order valence-electron chi connectivity index (χ4n) is 1.56. The largest absolute Gasteiger partial charge is 0.409 e. The molecule has 1 aromatic carbocycles. The second kappa shape index (κ2) is 7.21. The maximum Gasteiger partial charge on any atom is 0.253 e. The van der Waals surface area contributed by atoms with E-state index in [0.717, 1.165) is 6.42 Å². The van der Waals surface area contributed by atoms with Crippen LogP contribution in [-0.2, 0) is 0 Å². The van der Waals surface area contributed by atoms with Crippen molar-refractivity contribution < 1.29 is 10.0 Å². The second-order valence-electron chi connectivity index (χ2n) is 3.96. The zero-order valence-corrected chi connectivity index (χ0v) is 11.9. The Bertz CT molecular complexity index is 492. The maximum atomic E-state index is 12.1. The first-order valence-electron chi connectivity index (χ1n) is 5.73. The first kappa shape index (κ1) is 15.6. The summed E-state index contributed by atoms with van der Waals surface area (Å²) in [6.45, 7) is 1.93. The van der Waals surface area contributed by atoms with Crippen molar-refractivity contribution in [1.82, 2.24) is 5.32 Å². The number of nitrogens with one attached hydrogen (secondary N) is 1. The van der Waals surface area contributed by atoms with Crippen LogP contribution >= 0.6 is 23.2 Å². The number of carbonyl (C=O) groups excluding carboxylic acids is 1. The molecule has 0 aromatic heterocycles. The van der Waals surface area contributed by atoms with E-state index in [1.54, 1.807) is 6.07 Å². The highest BCUT2D eigenvalue weighted by Gasteiger charge is 2.19. The molecular weight excluding hydrogens is 289 g/mol. The van der Waals surface area contributed by atoms with Crippen molar-refractivity contribution in [3.63, 3.8) is 0 Å². The molecule has 1 unspecified atom stereocenters. The van der Waals surface area contributed by atoms with E-state index < -0.39 is 11.9 Å². The Labute approximate surface area is 121 Å². The summed E-state index contributed by atoms with van der Waals surface area (Å²) in [5.41, 5.74) is 5.77. The van der Waals surface area contributed by atoms with Crippen LogP contribution in [0.3, 0.4) is 0 Å². The third-order valence-electron chi connectivity index (χ3n) is 2.53. The van der Waals surface area contributed by atoms with Crippen molar-refractivity contribution in [3.8, 4) is 0 Å². The van der Waals surface area contributed by atoms with Gasteiger partial charge in [0.1, 0.15) is 0 Å². The molecule has 1 rings (SSSR count). The lowest BCUT2D eigenvalue weighted by Gasteiger charge is -2.17. The molecule has 1 amide bonds. The van der Waals surface area contributed by atoms with E-state index in [9.17, 15) is 4.79 Å². The van der Waals surface area contributed by atoms with Gasteiger partial charge in [-0.2, -0.15) is 0 Å². The number of nitrogens with two attached hydrogens (primary N) is 1. The number of amidine groups is 1. The van der Waals surface area contributed by atoms with E-state index in [4.69, 9.17) is 34.1 Å². The molecule has 0 fully saturated rings. The van der Waals surface area contributed by atoms with Crippen LogP contribution in [0.15, 0.2) is 23.4 Å². The van der Waals surface area contributed by atoms with Crippen molar-refractivity contribution in [2.24, 2.45) is 10.9 Å². The number of carbonyl (C=O) groups is 1. The van der Waals surface area contributed by atoms with Crippen LogP contribution in [0.2, 0.25) is 10.0 Å². The van der Waals surface area contributed by atoms with Crippen LogP contribution in [0, 0.1) is 0 Å². The van der Waals surface area contributed by atoms with E-state index in [-0.39, 0.29) is 16.4 Å². The zero-order chi connectivity index (χ0) is 14.4.